The lowest BCUT2D eigenvalue weighted by Crippen LogP contribution is -2.40. The number of para-hydroxylation sites is 1. The van der Waals surface area contributed by atoms with Gasteiger partial charge in [0.1, 0.15) is 16.5 Å². The molecule has 0 saturated heterocycles. The summed E-state index contributed by atoms with van der Waals surface area (Å²) in [6, 6.07) is 4.28. The van der Waals surface area contributed by atoms with E-state index < -0.39 is 61.0 Å². The third-order valence-electron chi connectivity index (χ3n) is 5.64. The molecule has 0 aliphatic rings. The highest BCUT2D eigenvalue weighted by atomic mass is 35.5. The summed E-state index contributed by atoms with van der Waals surface area (Å²) < 4.78 is 124. The molecule has 1 amide bonds. The molecule has 0 aliphatic heterocycles. The van der Waals surface area contributed by atoms with E-state index in [0.717, 1.165) is 48.3 Å². The Morgan fingerprint density at radius 3 is 2.12 bits per heavy atom. The number of hydrogen-bond donors (Lipinski definition) is 2. The Morgan fingerprint density at radius 2 is 1.61 bits per heavy atom. The number of amides is 1. The number of ether oxygens (including phenoxy) is 2. The van der Waals surface area contributed by atoms with Crippen molar-refractivity contribution in [2.45, 2.75) is 24.7 Å². The molecule has 4 rings (SSSR count). The van der Waals surface area contributed by atoms with Crippen LogP contribution in [0.2, 0.25) is 10.0 Å². The quantitative estimate of drug-likeness (QED) is 0.249. The molecule has 0 aliphatic carbocycles. The number of aromatic nitrogens is 6. The highest BCUT2D eigenvalue weighted by Gasteiger charge is 2.35. The Labute approximate surface area is 281 Å². The van der Waals surface area contributed by atoms with Gasteiger partial charge in [-0.25, -0.2) is 45.1 Å². The Kier molecular flexibility index (Phi) is 11.4. The van der Waals surface area contributed by atoms with Crippen LogP contribution in [-0.4, -0.2) is 71.3 Å². The second-order valence-corrected chi connectivity index (χ2v) is 13.4. The fourth-order valence-corrected chi connectivity index (χ4v) is 5.85. The number of nitrogens with zero attached hydrogens (tertiary/aromatic N) is 6. The van der Waals surface area contributed by atoms with Crippen molar-refractivity contribution in [2.75, 3.05) is 18.1 Å². The van der Waals surface area contributed by atoms with Crippen molar-refractivity contribution in [1.29, 1.82) is 0 Å². The molecule has 0 fully saturated rings. The molecule has 2 heterocycles. The molecule has 0 saturated carbocycles. The number of nitrogens with one attached hydrogen (secondary N) is 2. The van der Waals surface area contributed by atoms with Crippen molar-refractivity contribution in [2.24, 2.45) is 7.05 Å². The van der Waals surface area contributed by atoms with Crippen LogP contribution >= 0.6 is 23.2 Å². The summed E-state index contributed by atoms with van der Waals surface area (Å²) in [7, 11) is -6.10. The second-order valence-electron chi connectivity index (χ2n) is 9.19. The van der Waals surface area contributed by atoms with Gasteiger partial charge in [0.15, 0.2) is 0 Å². The maximum atomic E-state index is 12.8. The van der Waals surface area contributed by atoms with E-state index in [1.54, 1.807) is 0 Å². The zero-order chi connectivity index (χ0) is 37.2. The molecule has 2 aromatic heterocycles. The van der Waals surface area contributed by atoms with Gasteiger partial charge < -0.3 is 9.47 Å². The van der Waals surface area contributed by atoms with Crippen LogP contribution in [0.5, 0.6) is 11.8 Å². The second kappa shape index (κ2) is 14.4. The number of alkyl halides is 5. The highest BCUT2D eigenvalue weighted by molar-refractivity contribution is 7.92. The molecular formula is C23H21Cl2F5N8O9S2. The topological polar surface area (TPSA) is 208 Å². The number of carbonyl (C=O) groups is 1. The molecule has 17 nitrogen and oxygen atoms in total. The zero-order valence-corrected chi connectivity index (χ0v) is 28.0. The Hall–Kier alpha value is -4.68. The number of anilines is 1. The van der Waals surface area contributed by atoms with Gasteiger partial charge in [-0.15, -0.1) is 28.1 Å². The molecule has 0 spiro atoms. The first-order valence-electron chi connectivity index (χ1n) is 12.5. The third-order valence-corrected chi connectivity index (χ3v) is 8.20. The van der Waals surface area contributed by atoms with E-state index in [-0.39, 0.29) is 42.5 Å². The van der Waals surface area contributed by atoms with Gasteiger partial charge in [-0.1, -0.05) is 35.3 Å². The zero-order valence-electron chi connectivity index (χ0n) is 24.9. The number of rotatable bonds is 8. The predicted octanol–water partition coefficient (Wildman–Crippen LogP) is 2.85. The van der Waals surface area contributed by atoms with Crippen molar-refractivity contribution in [3.63, 3.8) is 0 Å². The molecule has 2 aromatic carbocycles. The van der Waals surface area contributed by atoms with Crippen LogP contribution in [0.25, 0.3) is 5.69 Å². The number of carbonyl (C=O) groups excluding carboxylic acids is 1. The number of sulfonamides is 2. The van der Waals surface area contributed by atoms with Gasteiger partial charge in [0.2, 0.25) is 10.0 Å². The van der Waals surface area contributed by atoms with Crippen LogP contribution in [0.3, 0.4) is 0 Å². The largest absolute Gasteiger partial charge is 0.573 e. The molecule has 49 heavy (non-hydrogen) atoms. The lowest BCUT2D eigenvalue weighted by atomic mass is 10.3. The Morgan fingerprint density at radius 1 is 1.00 bits per heavy atom. The summed E-state index contributed by atoms with van der Waals surface area (Å²) in [5.74, 6) is -1.28. The fourth-order valence-electron chi connectivity index (χ4n) is 3.66. The standard InChI is InChI=1S/C12H11F3N4O6S.C11H10Cl2F2N4O3S/c1-18-10(24-2)16-19(11(18)21)9(20)17-26(22,23)8-6-4-3-5-7(8)25-12(13,14)15;1-5-16-19(11(20)18(5)10(14)15)9-4-8(17-23(2,21)22)6(12)3-7(9)13/h3-6H,1-2H3,(H,17,20);3-4,10,17H,1-2H3. The van der Waals surface area contributed by atoms with E-state index in [0.29, 0.717) is 4.68 Å². The minimum Gasteiger partial charge on any atom is -0.467 e. The first-order valence-corrected chi connectivity index (χ1v) is 16.7. The van der Waals surface area contributed by atoms with Gasteiger partial charge in [0.25, 0.3) is 10.0 Å². The normalized spacial score (nSPS) is 11.9. The van der Waals surface area contributed by atoms with E-state index >= 15 is 0 Å². The number of benzene rings is 2. The van der Waals surface area contributed by atoms with Crippen molar-refractivity contribution in [1.82, 2.24) is 33.4 Å². The smallest absolute Gasteiger partial charge is 0.467 e. The first-order chi connectivity index (χ1) is 22.5. The number of methoxy groups -OCH3 is 1. The molecule has 0 bridgehead atoms. The van der Waals surface area contributed by atoms with E-state index in [1.165, 1.54) is 24.8 Å². The summed E-state index contributed by atoms with van der Waals surface area (Å²) in [5.41, 5.74) is -2.30. The van der Waals surface area contributed by atoms with Crippen LogP contribution in [0.4, 0.5) is 32.4 Å². The van der Waals surface area contributed by atoms with E-state index in [4.69, 9.17) is 27.9 Å². The van der Waals surface area contributed by atoms with Gasteiger partial charge in [0, 0.05) is 7.05 Å². The van der Waals surface area contributed by atoms with Crippen molar-refractivity contribution in [3.8, 4) is 17.4 Å². The third kappa shape index (κ3) is 9.27. The minimum absolute atomic E-state index is 0.0257. The lowest BCUT2D eigenvalue weighted by Gasteiger charge is -2.13. The van der Waals surface area contributed by atoms with E-state index in [1.807, 2.05) is 0 Å². The maximum absolute atomic E-state index is 12.8. The number of halogens is 7. The average Bonchev–Trinajstić information content (AvgIpc) is 3.42. The van der Waals surface area contributed by atoms with Crippen molar-refractivity contribution >= 4 is 55.0 Å². The minimum atomic E-state index is -5.15. The van der Waals surface area contributed by atoms with Crippen molar-refractivity contribution in [3.05, 3.63) is 73.2 Å². The van der Waals surface area contributed by atoms with Gasteiger partial charge in [-0.2, -0.15) is 13.5 Å². The van der Waals surface area contributed by atoms with Gasteiger partial charge >= 0.3 is 36.3 Å². The van der Waals surface area contributed by atoms with Gasteiger partial charge in [-0.3, -0.25) is 4.72 Å². The first kappa shape index (κ1) is 38.8. The van der Waals surface area contributed by atoms with Crippen LogP contribution in [0.15, 0.2) is 50.9 Å². The van der Waals surface area contributed by atoms with Crippen LogP contribution < -0.4 is 30.3 Å². The van der Waals surface area contributed by atoms with Crippen LogP contribution in [0, 0.1) is 6.92 Å². The molecule has 2 N–H and O–H groups in total. The summed E-state index contributed by atoms with van der Waals surface area (Å²) in [6.45, 7) is -1.85. The predicted molar refractivity (Wildman–Crippen MR) is 161 cm³/mol. The summed E-state index contributed by atoms with van der Waals surface area (Å²) in [5, 5.41) is 7.07. The Balaban J connectivity index is 0.000000267. The van der Waals surface area contributed by atoms with Crippen LogP contribution in [-0.2, 0) is 27.1 Å². The lowest BCUT2D eigenvalue weighted by molar-refractivity contribution is -0.275. The average molecular weight is 783 g/mol. The Bertz CT molecular complexity index is 2240. The monoisotopic (exact) mass is 782 g/mol. The van der Waals surface area contributed by atoms with Gasteiger partial charge in [0.05, 0.1) is 34.8 Å². The van der Waals surface area contributed by atoms with Crippen LogP contribution in [0.1, 0.15) is 12.4 Å². The molecule has 0 unspecified atom stereocenters. The maximum Gasteiger partial charge on any atom is 0.573 e. The molecule has 0 radical (unpaired) electrons. The fraction of sp³-hybridized carbons (Fsp3) is 0.261. The van der Waals surface area contributed by atoms with E-state index in [2.05, 4.69) is 19.7 Å². The molecule has 268 valence electrons. The molecule has 0 atom stereocenters. The summed E-state index contributed by atoms with van der Waals surface area (Å²) in [4.78, 5) is 34.9. The molecule has 4 aromatic rings. The number of hydrogen-bond acceptors (Lipinski definition) is 11. The summed E-state index contributed by atoms with van der Waals surface area (Å²) in [6.07, 6.45) is -4.25. The van der Waals surface area contributed by atoms with Crippen molar-refractivity contribution < 1.29 is 53.1 Å². The van der Waals surface area contributed by atoms with E-state index in [9.17, 15) is 53.2 Å². The molecular weight excluding hydrogens is 762 g/mol. The van der Waals surface area contributed by atoms with Gasteiger partial charge in [-0.05, 0) is 31.2 Å². The SMILES string of the molecule is COc1nn(C(=O)NS(=O)(=O)c2ccccc2OC(F)(F)F)c(=O)n1C.Cc1nn(-c2cc(NS(C)(=O)=O)c(Cl)cc2Cl)c(=O)n1C(F)F. The highest BCUT2D eigenvalue weighted by Crippen LogP contribution is 2.32. The summed E-state index contributed by atoms with van der Waals surface area (Å²) >= 11 is 11.8. The number of aryl methyl sites for hydroxylation is 1. The molecule has 26 heteroatoms.